The number of para-hydroxylation sites is 1. The molecular formula is C20H22N4O2. The second-order valence-corrected chi connectivity index (χ2v) is 6.20. The Hall–Kier alpha value is -3.15. The Bertz CT molecular complexity index is 838. The molecule has 0 aliphatic carbocycles. The van der Waals surface area contributed by atoms with Crippen LogP contribution in [0, 0.1) is 13.8 Å². The first-order valence-electron chi connectivity index (χ1n) is 8.48. The Kier molecular flexibility index (Phi) is 5.63. The van der Waals surface area contributed by atoms with Gasteiger partial charge in [0, 0.05) is 6.54 Å². The highest BCUT2D eigenvalue weighted by Crippen LogP contribution is 2.22. The minimum absolute atomic E-state index is 0.01000. The molecule has 0 aliphatic rings. The zero-order valence-electron chi connectivity index (χ0n) is 15.0. The summed E-state index contributed by atoms with van der Waals surface area (Å²) in [5.74, 6) is 0.638. The smallest absolute Gasteiger partial charge is 0.258 e. The van der Waals surface area contributed by atoms with Gasteiger partial charge in [0.05, 0.1) is 6.54 Å². The summed E-state index contributed by atoms with van der Waals surface area (Å²) in [6, 6.07) is 14.0. The van der Waals surface area contributed by atoms with Crippen molar-refractivity contribution < 1.29 is 9.53 Å². The van der Waals surface area contributed by atoms with E-state index in [4.69, 9.17) is 4.74 Å². The van der Waals surface area contributed by atoms with Crippen LogP contribution in [0.15, 0.2) is 55.1 Å². The number of rotatable bonds is 7. The van der Waals surface area contributed by atoms with Gasteiger partial charge in [-0.05, 0) is 36.1 Å². The summed E-state index contributed by atoms with van der Waals surface area (Å²) in [6.07, 6.45) is 3.20. The molecule has 3 aromatic rings. The minimum Gasteiger partial charge on any atom is -0.483 e. The number of aromatic nitrogens is 3. The number of aryl methyl sites for hydroxylation is 2. The molecule has 2 aromatic carbocycles. The lowest BCUT2D eigenvalue weighted by Gasteiger charge is -2.12. The van der Waals surface area contributed by atoms with E-state index in [0.29, 0.717) is 13.1 Å². The van der Waals surface area contributed by atoms with Crippen molar-refractivity contribution in [2.45, 2.75) is 26.9 Å². The second kappa shape index (κ2) is 8.29. The Morgan fingerprint density at radius 2 is 1.77 bits per heavy atom. The number of hydrogen-bond acceptors (Lipinski definition) is 4. The van der Waals surface area contributed by atoms with Gasteiger partial charge in [0.25, 0.3) is 5.91 Å². The summed E-state index contributed by atoms with van der Waals surface area (Å²) >= 11 is 0. The Morgan fingerprint density at radius 3 is 2.42 bits per heavy atom. The third kappa shape index (κ3) is 4.69. The predicted molar refractivity (Wildman–Crippen MR) is 98.8 cm³/mol. The van der Waals surface area contributed by atoms with Crippen LogP contribution in [0.2, 0.25) is 0 Å². The van der Waals surface area contributed by atoms with Crippen LogP contribution >= 0.6 is 0 Å². The van der Waals surface area contributed by atoms with Gasteiger partial charge in [-0.1, -0.05) is 42.5 Å². The number of hydrogen-bond donors (Lipinski definition) is 1. The van der Waals surface area contributed by atoms with Crippen LogP contribution in [0.1, 0.15) is 22.3 Å². The molecule has 0 spiro atoms. The largest absolute Gasteiger partial charge is 0.483 e. The van der Waals surface area contributed by atoms with Crippen LogP contribution < -0.4 is 10.1 Å². The Morgan fingerprint density at radius 1 is 1.08 bits per heavy atom. The van der Waals surface area contributed by atoms with Crippen LogP contribution in [-0.4, -0.2) is 27.3 Å². The third-order valence-electron chi connectivity index (χ3n) is 4.08. The van der Waals surface area contributed by atoms with Gasteiger partial charge in [0.1, 0.15) is 18.4 Å². The van der Waals surface area contributed by atoms with E-state index < -0.39 is 0 Å². The van der Waals surface area contributed by atoms with Gasteiger partial charge in [0.15, 0.2) is 6.61 Å². The predicted octanol–water partition coefficient (Wildman–Crippen LogP) is 2.64. The normalized spacial score (nSPS) is 10.5. The van der Waals surface area contributed by atoms with Crippen molar-refractivity contribution in [2.24, 2.45) is 0 Å². The van der Waals surface area contributed by atoms with E-state index >= 15 is 0 Å². The number of nitrogens with one attached hydrogen (secondary N) is 1. The summed E-state index contributed by atoms with van der Waals surface area (Å²) in [5.41, 5.74) is 4.22. The lowest BCUT2D eigenvalue weighted by molar-refractivity contribution is -0.123. The SMILES string of the molecule is Cc1cccc(C)c1OCC(=O)NCc1ccc(Cn2cncn2)cc1. The maximum Gasteiger partial charge on any atom is 0.258 e. The standard InChI is InChI=1S/C20H22N4O2/c1-15-4-3-5-16(2)20(15)26-12-19(25)22-10-17-6-8-18(9-7-17)11-24-14-21-13-23-24/h3-9,13-14H,10-12H2,1-2H3,(H,22,25). The highest BCUT2D eigenvalue weighted by atomic mass is 16.5. The van der Waals surface area contributed by atoms with E-state index in [9.17, 15) is 4.79 Å². The van der Waals surface area contributed by atoms with Crippen LogP contribution in [0.4, 0.5) is 0 Å². The number of amides is 1. The second-order valence-electron chi connectivity index (χ2n) is 6.20. The Labute approximate surface area is 152 Å². The molecule has 1 aromatic heterocycles. The average molecular weight is 350 g/mol. The monoisotopic (exact) mass is 350 g/mol. The molecule has 1 heterocycles. The maximum absolute atomic E-state index is 12.0. The van der Waals surface area contributed by atoms with E-state index in [1.54, 1.807) is 11.0 Å². The zero-order valence-corrected chi connectivity index (χ0v) is 15.0. The molecule has 0 fully saturated rings. The molecule has 6 nitrogen and oxygen atoms in total. The molecule has 0 atom stereocenters. The first kappa shape index (κ1) is 17.7. The molecule has 0 radical (unpaired) electrons. The van der Waals surface area contributed by atoms with Gasteiger partial charge in [-0.3, -0.25) is 4.79 Å². The minimum atomic E-state index is -0.139. The van der Waals surface area contributed by atoms with E-state index in [2.05, 4.69) is 15.4 Å². The van der Waals surface area contributed by atoms with E-state index in [0.717, 1.165) is 28.0 Å². The fraction of sp³-hybridized carbons (Fsp3) is 0.250. The van der Waals surface area contributed by atoms with E-state index in [-0.39, 0.29) is 12.5 Å². The summed E-state index contributed by atoms with van der Waals surface area (Å²) < 4.78 is 7.43. The van der Waals surface area contributed by atoms with E-state index in [1.165, 1.54) is 6.33 Å². The van der Waals surface area contributed by atoms with Crippen molar-refractivity contribution in [3.8, 4) is 5.75 Å². The maximum atomic E-state index is 12.0. The highest BCUT2D eigenvalue weighted by molar-refractivity contribution is 5.77. The average Bonchev–Trinajstić information content (AvgIpc) is 3.14. The molecule has 0 unspecified atom stereocenters. The first-order valence-corrected chi connectivity index (χ1v) is 8.48. The van der Waals surface area contributed by atoms with Crippen molar-refractivity contribution in [3.63, 3.8) is 0 Å². The number of ether oxygens (including phenoxy) is 1. The van der Waals surface area contributed by atoms with Gasteiger partial charge in [0.2, 0.25) is 0 Å². The van der Waals surface area contributed by atoms with Crippen molar-refractivity contribution in [1.82, 2.24) is 20.1 Å². The zero-order chi connectivity index (χ0) is 18.4. The number of carbonyl (C=O) groups is 1. The fourth-order valence-corrected chi connectivity index (χ4v) is 2.68. The third-order valence-corrected chi connectivity index (χ3v) is 4.08. The molecular weight excluding hydrogens is 328 g/mol. The van der Waals surface area contributed by atoms with Crippen molar-refractivity contribution in [3.05, 3.63) is 77.4 Å². The number of carbonyl (C=O) groups excluding carboxylic acids is 1. The summed E-state index contributed by atoms with van der Waals surface area (Å²) in [7, 11) is 0. The summed E-state index contributed by atoms with van der Waals surface area (Å²) in [6.45, 7) is 5.10. The van der Waals surface area contributed by atoms with Crippen LogP contribution in [0.25, 0.3) is 0 Å². The van der Waals surface area contributed by atoms with Crippen LogP contribution in [0.3, 0.4) is 0 Å². The molecule has 0 saturated carbocycles. The van der Waals surface area contributed by atoms with E-state index in [1.807, 2.05) is 56.3 Å². The van der Waals surface area contributed by atoms with Crippen LogP contribution in [-0.2, 0) is 17.9 Å². The number of benzene rings is 2. The molecule has 26 heavy (non-hydrogen) atoms. The van der Waals surface area contributed by atoms with Gasteiger partial charge in [-0.15, -0.1) is 0 Å². The first-order chi connectivity index (χ1) is 12.6. The summed E-state index contributed by atoms with van der Waals surface area (Å²) in [5, 5.41) is 6.97. The van der Waals surface area contributed by atoms with Crippen LogP contribution in [0.5, 0.6) is 5.75 Å². The molecule has 0 saturated heterocycles. The molecule has 0 bridgehead atoms. The molecule has 1 N–H and O–H groups in total. The number of nitrogens with zero attached hydrogens (tertiary/aromatic N) is 3. The fourth-order valence-electron chi connectivity index (χ4n) is 2.68. The van der Waals surface area contributed by atoms with Gasteiger partial charge < -0.3 is 10.1 Å². The summed E-state index contributed by atoms with van der Waals surface area (Å²) in [4.78, 5) is 16.0. The van der Waals surface area contributed by atoms with Crippen molar-refractivity contribution in [2.75, 3.05) is 6.61 Å². The molecule has 1 amide bonds. The van der Waals surface area contributed by atoms with Gasteiger partial charge in [-0.2, -0.15) is 5.10 Å². The molecule has 6 heteroatoms. The Balaban J connectivity index is 1.47. The topological polar surface area (TPSA) is 69.0 Å². The highest BCUT2D eigenvalue weighted by Gasteiger charge is 2.07. The lowest BCUT2D eigenvalue weighted by atomic mass is 10.1. The van der Waals surface area contributed by atoms with Crippen molar-refractivity contribution >= 4 is 5.91 Å². The van der Waals surface area contributed by atoms with Gasteiger partial charge >= 0.3 is 0 Å². The lowest BCUT2D eigenvalue weighted by Crippen LogP contribution is -2.28. The molecule has 3 rings (SSSR count). The van der Waals surface area contributed by atoms with Gasteiger partial charge in [-0.25, -0.2) is 9.67 Å². The van der Waals surface area contributed by atoms with Crippen molar-refractivity contribution in [1.29, 1.82) is 0 Å². The molecule has 134 valence electrons. The molecule has 0 aliphatic heterocycles. The quantitative estimate of drug-likeness (QED) is 0.711.